The molecule has 23 heavy (non-hydrogen) atoms. The molecule has 0 unspecified atom stereocenters. The summed E-state index contributed by atoms with van der Waals surface area (Å²) >= 11 is 1.24. The highest BCUT2D eigenvalue weighted by molar-refractivity contribution is 8.00. The molecule has 2 amide bonds. The van der Waals surface area contributed by atoms with Gasteiger partial charge in [-0.05, 0) is 36.4 Å². The van der Waals surface area contributed by atoms with Crippen LogP contribution in [0.15, 0.2) is 47.4 Å². The molecule has 0 fully saturated rings. The zero-order valence-corrected chi connectivity index (χ0v) is 13.0. The second-order valence-corrected chi connectivity index (χ2v) is 5.72. The van der Waals surface area contributed by atoms with Crippen LogP contribution in [0.5, 0.6) is 0 Å². The topological polar surface area (TPSA) is 58.2 Å². The van der Waals surface area contributed by atoms with Gasteiger partial charge >= 0.3 is 0 Å². The van der Waals surface area contributed by atoms with Gasteiger partial charge in [-0.2, -0.15) is 0 Å². The van der Waals surface area contributed by atoms with Gasteiger partial charge in [0.15, 0.2) is 0 Å². The van der Waals surface area contributed by atoms with E-state index in [1.165, 1.54) is 18.7 Å². The summed E-state index contributed by atoms with van der Waals surface area (Å²) in [6.07, 6.45) is 0. The number of anilines is 2. The monoisotopic (exact) mass is 336 g/mol. The molecule has 0 spiro atoms. The zero-order chi connectivity index (χ0) is 16.8. The summed E-state index contributed by atoms with van der Waals surface area (Å²) < 4.78 is 26.4. The first-order valence-electron chi connectivity index (χ1n) is 6.69. The Morgan fingerprint density at radius 1 is 1.04 bits per heavy atom. The lowest BCUT2D eigenvalue weighted by molar-refractivity contribution is -0.114. The Kier molecular flexibility index (Phi) is 5.70. The first-order valence-corrected chi connectivity index (χ1v) is 7.68. The number of hydrogen-bond acceptors (Lipinski definition) is 3. The Labute approximate surface area is 136 Å². The van der Waals surface area contributed by atoms with Gasteiger partial charge in [-0.15, -0.1) is 11.8 Å². The Balaban J connectivity index is 1.89. The maximum atomic E-state index is 13.4. The number of benzene rings is 2. The molecule has 7 heteroatoms. The quantitative estimate of drug-likeness (QED) is 0.820. The largest absolute Gasteiger partial charge is 0.326 e. The Morgan fingerprint density at radius 2 is 1.74 bits per heavy atom. The van der Waals surface area contributed by atoms with E-state index in [1.807, 2.05) is 0 Å². The molecule has 2 aromatic rings. The molecular weight excluding hydrogens is 322 g/mol. The van der Waals surface area contributed by atoms with Crippen molar-refractivity contribution in [2.75, 3.05) is 16.4 Å². The fraction of sp³-hybridized carbons (Fsp3) is 0.125. The summed E-state index contributed by atoms with van der Waals surface area (Å²) in [5.74, 6) is -1.87. The molecule has 2 rings (SSSR count). The SMILES string of the molecule is CC(=O)Nc1ccc(SCC(=O)Nc2cc(F)ccc2F)cc1. The molecule has 0 aliphatic carbocycles. The van der Waals surface area contributed by atoms with E-state index in [0.717, 1.165) is 23.1 Å². The van der Waals surface area contributed by atoms with Crippen LogP contribution in [-0.2, 0) is 9.59 Å². The maximum Gasteiger partial charge on any atom is 0.234 e. The van der Waals surface area contributed by atoms with Crippen molar-refractivity contribution >= 4 is 35.0 Å². The number of thioether (sulfide) groups is 1. The number of rotatable bonds is 5. The summed E-state index contributed by atoms with van der Waals surface area (Å²) in [4.78, 5) is 23.5. The van der Waals surface area contributed by atoms with Crippen LogP contribution in [0.2, 0.25) is 0 Å². The lowest BCUT2D eigenvalue weighted by atomic mass is 10.3. The minimum absolute atomic E-state index is 0.0510. The lowest BCUT2D eigenvalue weighted by Gasteiger charge is -2.07. The predicted molar refractivity (Wildman–Crippen MR) is 86.5 cm³/mol. The van der Waals surface area contributed by atoms with Crippen molar-refractivity contribution in [3.05, 3.63) is 54.1 Å². The molecule has 0 saturated heterocycles. The molecule has 0 bridgehead atoms. The zero-order valence-electron chi connectivity index (χ0n) is 12.2. The van der Waals surface area contributed by atoms with Gasteiger partial charge in [0.25, 0.3) is 0 Å². The molecule has 0 aliphatic rings. The van der Waals surface area contributed by atoms with Crippen LogP contribution in [0.1, 0.15) is 6.92 Å². The van der Waals surface area contributed by atoms with Crippen LogP contribution in [0.4, 0.5) is 20.2 Å². The van der Waals surface area contributed by atoms with Gasteiger partial charge in [0.1, 0.15) is 11.6 Å². The number of amides is 2. The number of nitrogens with one attached hydrogen (secondary N) is 2. The standard InChI is InChI=1S/C16H14F2N2O2S/c1-10(21)19-12-3-5-13(6-4-12)23-9-16(22)20-15-8-11(17)2-7-14(15)18/h2-8H,9H2,1H3,(H,19,21)(H,20,22). The molecule has 0 aliphatic heterocycles. The van der Waals surface area contributed by atoms with Gasteiger partial charge in [-0.1, -0.05) is 0 Å². The molecule has 2 N–H and O–H groups in total. The van der Waals surface area contributed by atoms with Gasteiger partial charge in [0.2, 0.25) is 11.8 Å². The van der Waals surface area contributed by atoms with Gasteiger partial charge in [-0.3, -0.25) is 9.59 Å². The number of hydrogen-bond donors (Lipinski definition) is 2. The average molecular weight is 336 g/mol. The molecule has 0 heterocycles. The van der Waals surface area contributed by atoms with Gasteiger partial charge < -0.3 is 10.6 Å². The van der Waals surface area contributed by atoms with Crippen LogP contribution in [0, 0.1) is 11.6 Å². The minimum Gasteiger partial charge on any atom is -0.326 e. The number of carbonyl (C=O) groups is 2. The highest BCUT2D eigenvalue weighted by Crippen LogP contribution is 2.21. The number of halogens is 2. The first kappa shape index (κ1) is 17.0. The van der Waals surface area contributed by atoms with Crippen LogP contribution >= 0.6 is 11.8 Å². The Bertz CT molecular complexity index is 721. The maximum absolute atomic E-state index is 13.4. The van der Waals surface area contributed by atoms with Crippen LogP contribution < -0.4 is 10.6 Å². The van der Waals surface area contributed by atoms with Crippen molar-refractivity contribution < 1.29 is 18.4 Å². The van der Waals surface area contributed by atoms with E-state index in [0.29, 0.717) is 5.69 Å². The summed E-state index contributed by atoms with van der Waals surface area (Å²) in [5, 5.41) is 4.96. The van der Waals surface area contributed by atoms with Crippen molar-refractivity contribution in [3.8, 4) is 0 Å². The molecule has 0 atom stereocenters. The van der Waals surface area contributed by atoms with E-state index in [9.17, 15) is 18.4 Å². The summed E-state index contributed by atoms with van der Waals surface area (Å²) in [6, 6.07) is 9.81. The predicted octanol–water partition coefficient (Wildman–Crippen LogP) is 3.65. The van der Waals surface area contributed by atoms with Crippen LogP contribution in [0.3, 0.4) is 0 Å². The van der Waals surface area contributed by atoms with Gasteiger partial charge in [0, 0.05) is 23.6 Å². The third-order valence-corrected chi connectivity index (χ3v) is 3.76. The van der Waals surface area contributed by atoms with Gasteiger partial charge in [-0.25, -0.2) is 8.78 Å². The van der Waals surface area contributed by atoms with E-state index in [2.05, 4.69) is 10.6 Å². The van der Waals surface area contributed by atoms with Crippen molar-refractivity contribution in [3.63, 3.8) is 0 Å². The molecule has 0 radical (unpaired) electrons. The molecule has 4 nitrogen and oxygen atoms in total. The van der Waals surface area contributed by atoms with Gasteiger partial charge in [0.05, 0.1) is 11.4 Å². The summed E-state index contributed by atoms with van der Waals surface area (Å²) in [7, 11) is 0. The normalized spacial score (nSPS) is 10.2. The van der Waals surface area contributed by atoms with E-state index in [4.69, 9.17) is 0 Å². The Hall–Kier alpha value is -2.41. The van der Waals surface area contributed by atoms with Crippen molar-refractivity contribution in [1.29, 1.82) is 0 Å². The van der Waals surface area contributed by atoms with Crippen molar-refractivity contribution in [2.45, 2.75) is 11.8 Å². The first-order chi connectivity index (χ1) is 10.9. The van der Waals surface area contributed by atoms with Crippen molar-refractivity contribution in [1.82, 2.24) is 0 Å². The molecular formula is C16H14F2N2O2S. The third-order valence-electron chi connectivity index (χ3n) is 2.75. The molecule has 2 aromatic carbocycles. The second-order valence-electron chi connectivity index (χ2n) is 4.67. The van der Waals surface area contributed by atoms with E-state index in [1.54, 1.807) is 24.3 Å². The fourth-order valence-electron chi connectivity index (χ4n) is 1.77. The highest BCUT2D eigenvalue weighted by atomic mass is 32.2. The fourth-order valence-corrected chi connectivity index (χ4v) is 2.46. The van der Waals surface area contributed by atoms with E-state index < -0.39 is 17.5 Å². The molecule has 0 saturated carbocycles. The minimum atomic E-state index is -0.690. The summed E-state index contributed by atoms with van der Waals surface area (Å²) in [6.45, 7) is 1.42. The smallest absolute Gasteiger partial charge is 0.234 e. The Morgan fingerprint density at radius 3 is 2.39 bits per heavy atom. The highest BCUT2D eigenvalue weighted by Gasteiger charge is 2.09. The average Bonchev–Trinajstić information content (AvgIpc) is 2.50. The van der Waals surface area contributed by atoms with Crippen molar-refractivity contribution in [2.24, 2.45) is 0 Å². The summed E-state index contributed by atoms with van der Waals surface area (Å²) in [5.41, 5.74) is 0.477. The lowest BCUT2D eigenvalue weighted by Crippen LogP contribution is -2.15. The number of carbonyl (C=O) groups excluding carboxylic acids is 2. The molecule has 0 aromatic heterocycles. The van der Waals surface area contributed by atoms with Crippen LogP contribution in [-0.4, -0.2) is 17.6 Å². The second kappa shape index (κ2) is 7.73. The third kappa shape index (κ3) is 5.37. The van der Waals surface area contributed by atoms with E-state index >= 15 is 0 Å². The van der Waals surface area contributed by atoms with E-state index in [-0.39, 0.29) is 17.3 Å². The van der Waals surface area contributed by atoms with Crippen LogP contribution in [0.25, 0.3) is 0 Å². The molecule has 120 valence electrons.